The first-order valence-electron chi connectivity index (χ1n) is 10.0. The van der Waals surface area contributed by atoms with E-state index in [0.29, 0.717) is 12.4 Å². The van der Waals surface area contributed by atoms with Gasteiger partial charge in [0, 0.05) is 23.5 Å². The number of benzene rings is 1. The van der Waals surface area contributed by atoms with Crippen molar-refractivity contribution in [2.75, 3.05) is 13.7 Å². The summed E-state index contributed by atoms with van der Waals surface area (Å²) in [6, 6.07) is 9.75. The Labute approximate surface area is 165 Å². The molecule has 2 aromatic rings. The fourth-order valence-corrected chi connectivity index (χ4v) is 4.16. The minimum Gasteiger partial charge on any atom is -0.488 e. The zero-order valence-electron chi connectivity index (χ0n) is 16.5. The van der Waals surface area contributed by atoms with Crippen molar-refractivity contribution in [2.45, 2.75) is 51.6 Å². The monoisotopic (exact) mass is 381 g/mol. The van der Waals surface area contributed by atoms with E-state index in [2.05, 4.69) is 28.5 Å². The Kier molecular flexibility index (Phi) is 5.20. The van der Waals surface area contributed by atoms with Crippen LogP contribution in [0.1, 0.15) is 44.6 Å². The van der Waals surface area contributed by atoms with Crippen LogP contribution in [0.2, 0.25) is 0 Å². The number of rotatable bonds is 5. The molecule has 1 aliphatic carbocycles. The number of amides is 1. The fourth-order valence-electron chi connectivity index (χ4n) is 4.16. The van der Waals surface area contributed by atoms with Gasteiger partial charge in [-0.3, -0.25) is 4.79 Å². The summed E-state index contributed by atoms with van der Waals surface area (Å²) in [6.45, 7) is 2.63. The lowest BCUT2D eigenvalue weighted by atomic mass is 9.75. The van der Waals surface area contributed by atoms with Gasteiger partial charge in [0.15, 0.2) is 0 Å². The third kappa shape index (κ3) is 3.81. The molecule has 1 fully saturated rings. The van der Waals surface area contributed by atoms with Crippen molar-refractivity contribution in [1.82, 2.24) is 15.5 Å². The average molecular weight is 381 g/mol. The Balaban J connectivity index is 1.37. The number of carbonyl (C=O) groups excluding carboxylic acids is 1. The van der Waals surface area contributed by atoms with Crippen molar-refractivity contribution in [2.24, 2.45) is 5.41 Å². The number of nitrogens with one attached hydrogen (secondary N) is 1. The molecule has 0 unspecified atom stereocenters. The Morgan fingerprint density at radius 1 is 1.21 bits per heavy atom. The molecule has 28 heavy (non-hydrogen) atoms. The molecule has 0 bridgehead atoms. The lowest BCUT2D eigenvalue weighted by Gasteiger charge is -2.32. The lowest BCUT2D eigenvalue weighted by Crippen LogP contribution is -2.44. The number of fused-ring (bicyclic) bond motifs is 1. The molecule has 1 aromatic heterocycles. The third-order valence-electron chi connectivity index (χ3n) is 5.94. The third-order valence-corrected chi connectivity index (χ3v) is 5.94. The van der Waals surface area contributed by atoms with Gasteiger partial charge in [0.2, 0.25) is 11.8 Å². The summed E-state index contributed by atoms with van der Waals surface area (Å²) in [5.41, 5.74) is 2.71. The number of hydrogen-bond acceptors (Lipinski definition) is 5. The zero-order chi connectivity index (χ0) is 19.6. The second-order valence-electron chi connectivity index (χ2n) is 8.06. The molecule has 2 heterocycles. The van der Waals surface area contributed by atoms with Gasteiger partial charge in [-0.15, -0.1) is 10.2 Å². The summed E-state index contributed by atoms with van der Waals surface area (Å²) in [5, 5.41) is 11.4. The molecule has 6 nitrogen and oxygen atoms in total. The molecule has 0 radical (unpaired) electrons. The summed E-state index contributed by atoms with van der Waals surface area (Å²) in [5.74, 6) is 1.55. The number of carbonyl (C=O) groups is 1. The lowest BCUT2D eigenvalue weighted by molar-refractivity contribution is -0.132. The highest BCUT2D eigenvalue weighted by Gasteiger charge is 2.35. The van der Waals surface area contributed by atoms with Gasteiger partial charge in [-0.2, -0.15) is 0 Å². The molecule has 4 rings (SSSR count). The highest BCUT2D eigenvalue weighted by atomic mass is 16.5. The normalized spacial score (nSPS) is 20.1. The first kappa shape index (κ1) is 18.7. The molecular weight excluding hydrogens is 354 g/mol. The predicted octanol–water partition coefficient (Wildman–Crippen LogP) is 3.54. The highest BCUT2D eigenvalue weighted by molar-refractivity contribution is 5.82. The van der Waals surface area contributed by atoms with Crippen LogP contribution in [0, 0.1) is 5.41 Å². The van der Waals surface area contributed by atoms with Gasteiger partial charge in [-0.05, 0) is 42.7 Å². The molecule has 2 aliphatic rings. The second kappa shape index (κ2) is 7.78. The van der Waals surface area contributed by atoms with Crippen molar-refractivity contribution >= 4 is 5.91 Å². The van der Waals surface area contributed by atoms with Gasteiger partial charge in [-0.25, -0.2) is 0 Å². The van der Waals surface area contributed by atoms with Gasteiger partial charge in [0.1, 0.15) is 11.9 Å². The first-order chi connectivity index (χ1) is 13.6. The number of hydrogen-bond donors (Lipinski definition) is 1. The van der Waals surface area contributed by atoms with Gasteiger partial charge in [0.25, 0.3) is 0 Å². The first-order valence-corrected chi connectivity index (χ1v) is 10.0. The van der Waals surface area contributed by atoms with E-state index in [0.717, 1.165) is 54.7 Å². The summed E-state index contributed by atoms with van der Waals surface area (Å²) in [4.78, 5) is 12.6. The largest absolute Gasteiger partial charge is 0.488 e. The SMILES string of the molecule is COc1ccc(-c2ccc3c(c2)C[C@@H](CNC(=O)C2(C)CCCCC2)O3)nn1. The minimum atomic E-state index is -0.218. The molecule has 1 atom stereocenters. The molecule has 1 N–H and O–H groups in total. The van der Waals surface area contributed by atoms with Crippen LogP contribution in [-0.4, -0.2) is 35.9 Å². The van der Waals surface area contributed by atoms with Crippen LogP contribution in [0.3, 0.4) is 0 Å². The van der Waals surface area contributed by atoms with E-state index < -0.39 is 0 Å². The maximum absolute atomic E-state index is 12.6. The van der Waals surface area contributed by atoms with Crippen molar-refractivity contribution < 1.29 is 14.3 Å². The van der Waals surface area contributed by atoms with Crippen molar-refractivity contribution in [3.8, 4) is 22.9 Å². The Morgan fingerprint density at radius 3 is 2.75 bits per heavy atom. The van der Waals surface area contributed by atoms with E-state index in [4.69, 9.17) is 9.47 Å². The molecule has 1 saturated carbocycles. The fraction of sp³-hybridized carbons (Fsp3) is 0.500. The van der Waals surface area contributed by atoms with E-state index in [-0.39, 0.29) is 17.4 Å². The van der Waals surface area contributed by atoms with Gasteiger partial charge in [-0.1, -0.05) is 26.2 Å². The van der Waals surface area contributed by atoms with Crippen molar-refractivity contribution in [1.29, 1.82) is 0 Å². The summed E-state index contributed by atoms with van der Waals surface area (Å²) in [6.07, 6.45) is 6.25. The minimum absolute atomic E-state index is 0.0247. The molecule has 0 saturated heterocycles. The Morgan fingerprint density at radius 2 is 2.04 bits per heavy atom. The molecule has 1 aliphatic heterocycles. The van der Waals surface area contributed by atoms with Crippen LogP contribution in [0.15, 0.2) is 30.3 Å². The average Bonchev–Trinajstić information content (AvgIpc) is 3.14. The van der Waals surface area contributed by atoms with Crippen LogP contribution in [0.25, 0.3) is 11.3 Å². The molecule has 1 aromatic carbocycles. The van der Waals surface area contributed by atoms with Crippen molar-refractivity contribution in [3.05, 3.63) is 35.9 Å². The molecule has 6 heteroatoms. The van der Waals surface area contributed by atoms with Crippen LogP contribution in [0.5, 0.6) is 11.6 Å². The number of aromatic nitrogens is 2. The van der Waals surface area contributed by atoms with Crippen LogP contribution < -0.4 is 14.8 Å². The molecular formula is C22H27N3O3. The molecule has 148 valence electrons. The molecule has 0 spiro atoms. The smallest absolute Gasteiger partial charge is 0.233 e. The van der Waals surface area contributed by atoms with E-state index >= 15 is 0 Å². The standard InChI is InChI=1S/C22H27N3O3/c1-22(10-4-3-5-11-22)21(26)23-14-17-13-16-12-15(6-8-19(16)28-17)18-7-9-20(27-2)25-24-18/h6-9,12,17H,3-5,10-11,13-14H2,1-2H3,(H,23,26)/t17-/m0/s1. The maximum Gasteiger partial charge on any atom is 0.233 e. The van der Waals surface area contributed by atoms with E-state index in [1.165, 1.54) is 6.42 Å². The quantitative estimate of drug-likeness (QED) is 0.857. The van der Waals surface area contributed by atoms with Gasteiger partial charge >= 0.3 is 0 Å². The highest BCUT2D eigenvalue weighted by Crippen LogP contribution is 2.36. The Hall–Kier alpha value is -2.63. The van der Waals surface area contributed by atoms with Crippen LogP contribution >= 0.6 is 0 Å². The second-order valence-corrected chi connectivity index (χ2v) is 8.06. The van der Waals surface area contributed by atoms with E-state index in [1.54, 1.807) is 13.2 Å². The summed E-state index contributed by atoms with van der Waals surface area (Å²) < 4.78 is 11.1. The Bertz CT molecular complexity index is 845. The predicted molar refractivity (Wildman–Crippen MR) is 106 cm³/mol. The number of nitrogens with zero attached hydrogens (tertiary/aromatic N) is 2. The number of methoxy groups -OCH3 is 1. The maximum atomic E-state index is 12.6. The van der Waals surface area contributed by atoms with Gasteiger partial charge < -0.3 is 14.8 Å². The van der Waals surface area contributed by atoms with Gasteiger partial charge in [0.05, 0.1) is 19.3 Å². The summed E-state index contributed by atoms with van der Waals surface area (Å²) >= 11 is 0. The molecule has 1 amide bonds. The van der Waals surface area contributed by atoms with Crippen LogP contribution in [-0.2, 0) is 11.2 Å². The van der Waals surface area contributed by atoms with Crippen molar-refractivity contribution in [3.63, 3.8) is 0 Å². The van der Waals surface area contributed by atoms with E-state index in [1.807, 2.05) is 18.2 Å². The topological polar surface area (TPSA) is 73.3 Å². The van der Waals surface area contributed by atoms with Crippen LogP contribution in [0.4, 0.5) is 0 Å². The number of ether oxygens (including phenoxy) is 2. The van der Waals surface area contributed by atoms with E-state index in [9.17, 15) is 4.79 Å². The summed E-state index contributed by atoms with van der Waals surface area (Å²) in [7, 11) is 1.57. The zero-order valence-corrected chi connectivity index (χ0v) is 16.5.